The fourth-order valence-corrected chi connectivity index (χ4v) is 7.37. The smallest absolute Gasteiger partial charge is 0.310 e. The van der Waals surface area contributed by atoms with Crippen molar-refractivity contribution in [2.24, 2.45) is 0 Å². The van der Waals surface area contributed by atoms with Crippen LogP contribution in [0.5, 0.6) is 0 Å². The highest BCUT2D eigenvalue weighted by molar-refractivity contribution is 6.84. The van der Waals surface area contributed by atoms with Crippen molar-refractivity contribution in [2.45, 2.75) is 36.5 Å². The largest absolute Gasteiger partial charge is 0.469 e. The summed E-state index contributed by atoms with van der Waals surface area (Å²) in [5, 5.41) is -0.405. The van der Waals surface area contributed by atoms with Gasteiger partial charge in [0.05, 0.1) is 20.2 Å². The predicted molar refractivity (Wildman–Crippen MR) is 96.3 cm³/mol. The number of rotatable bonds is 4. The zero-order valence-corrected chi connectivity index (χ0v) is 15.3. The van der Waals surface area contributed by atoms with Crippen LogP contribution in [-0.2, 0) is 14.9 Å². The van der Waals surface area contributed by atoms with Gasteiger partial charge >= 0.3 is 5.97 Å². The number of hydrogen-bond donors (Lipinski definition) is 0. The van der Waals surface area contributed by atoms with Gasteiger partial charge in [-0.05, 0) is 17.5 Å². The number of benzene rings is 2. The van der Waals surface area contributed by atoms with Gasteiger partial charge in [0.15, 0.2) is 0 Å². The summed E-state index contributed by atoms with van der Waals surface area (Å²) < 4.78 is 5.30. The highest BCUT2D eigenvalue weighted by Crippen LogP contribution is 2.78. The Hall–Kier alpha value is -1.87. The Morgan fingerprint density at radius 1 is 0.913 bits per heavy atom. The van der Waals surface area contributed by atoms with Crippen LogP contribution in [0.15, 0.2) is 60.7 Å². The first-order chi connectivity index (χ1) is 10.9. The highest BCUT2D eigenvalue weighted by atomic mass is 28.3. The summed E-state index contributed by atoms with van der Waals surface area (Å²) >= 11 is 0. The van der Waals surface area contributed by atoms with Crippen molar-refractivity contribution >= 4 is 14.0 Å². The van der Waals surface area contributed by atoms with Crippen molar-refractivity contribution < 1.29 is 9.53 Å². The second-order valence-electron chi connectivity index (χ2n) is 7.46. The van der Waals surface area contributed by atoms with Crippen molar-refractivity contribution in [1.29, 1.82) is 0 Å². The average molecular weight is 324 g/mol. The molecule has 2 aromatic carbocycles. The number of esters is 1. The summed E-state index contributed by atoms with van der Waals surface area (Å²) in [4.78, 5) is 12.9. The maximum Gasteiger partial charge on any atom is 0.310 e. The average Bonchev–Trinajstić information content (AvgIpc) is 3.29. The Morgan fingerprint density at radius 3 is 1.70 bits per heavy atom. The molecule has 23 heavy (non-hydrogen) atoms. The summed E-state index contributed by atoms with van der Waals surface area (Å²) in [7, 11) is -0.316. The molecule has 0 saturated heterocycles. The normalized spacial score (nSPS) is 22.4. The minimum Gasteiger partial charge on any atom is -0.469 e. The van der Waals surface area contributed by atoms with E-state index < -0.39 is 13.1 Å². The zero-order valence-electron chi connectivity index (χ0n) is 14.3. The summed E-state index contributed by atoms with van der Waals surface area (Å²) in [6, 6.07) is 20.9. The van der Waals surface area contributed by atoms with Crippen LogP contribution in [0.25, 0.3) is 0 Å². The fourth-order valence-electron chi connectivity index (χ4n) is 4.29. The molecule has 120 valence electrons. The molecular weight excluding hydrogens is 300 g/mol. The number of carbonyl (C=O) groups excluding carboxylic acids is 1. The lowest BCUT2D eigenvalue weighted by atomic mass is 9.85. The van der Waals surface area contributed by atoms with E-state index in [1.54, 1.807) is 0 Å². The van der Waals surface area contributed by atoms with Gasteiger partial charge in [-0.15, -0.1) is 0 Å². The van der Waals surface area contributed by atoms with Gasteiger partial charge in [0.1, 0.15) is 0 Å². The first-order valence-electron chi connectivity index (χ1n) is 8.09. The summed E-state index contributed by atoms with van der Waals surface area (Å²) in [5.41, 5.74) is 2.19. The van der Waals surface area contributed by atoms with Crippen LogP contribution in [0.3, 0.4) is 0 Å². The molecule has 0 spiro atoms. The zero-order chi connectivity index (χ0) is 16.7. The van der Waals surface area contributed by atoms with E-state index in [9.17, 15) is 4.79 Å². The Kier molecular flexibility index (Phi) is 3.72. The minimum atomic E-state index is -1.83. The van der Waals surface area contributed by atoms with Gasteiger partial charge in [-0.1, -0.05) is 80.3 Å². The number of ether oxygens (including phenoxy) is 1. The summed E-state index contributed by atoms with van der Waals surface area (Å²) in [6.45, 7) is 6.83. The lowest BCUT2D eigenvalue weighted by Crippen LogP contribution is -2.42. The molecule has 1 aliphatic rings. The predicted octanol–water partition coefficient (Wildman–Crippen LogP) is 4.63. The van der Waals surface area contributed by atoms with Gasteiger partial charge in [-0.3, -0.25) is 4.79 Å². The van der Waals surface area contributed by atoms with Crippen LogP contribution in [0, 0.1) is 0 Å². The topological polar surface area (TPSA) is 26.3 Å². The highest BCUT2D eigenvalue weighted by Gasteiger charge is 2.78. The molecule has 3 rings (SSSR count). The van der Waals surface area contributed by atoms with Gasteiger partial charge in [-0.25, -0.2) is 0 Å². The molecule has 0 radical (unpaired) electrons. The molecule has 1 saturated carbocycles. The Balaban J connectivity index is 2.27. The molecule has 0 heterocycles. The van der Waals surface area contributed by atoms with E-state index in [1.165, 1.54) is 18.2 Å². The number of methoxy groups -OCH3 is 1. The van der Waals surface area contributed by atoms with E-state index in [1.807, 2.05) is 12.1 Å². The third-order valence-corrected chi connectivity index (χ3v) is 8.85. The molecule has 1 aliphatic carbocycles. The molecule has 0 N–H and O–H groups in total. The second kappa shape index (κ2) is 5.34. The molecular formula is C20H24O2Si. The third kappa shape index (κ3) is 2.10. The third-order valence-electron chi connectivity index (χ3n) is 5.48. The molecule has 0 bridgehead atoms. The van der Waals surface area contributed by atoms with Gasteiger partial charge in [0, 0.05) is 5.41 Å². The van der Waals surface area contributed by atoms with E-state index in [0.29, 0.717) is 0 Å². The molecule has 3 heteroatoms. The van der Waals surface area contributed by atoms with Crippen molar-refractivity contribution in [3.63, 3.8) is 0 Å². The monoisotopic (exact) mass is 324 g/mol. The maximum absolute atomic E-state index is 12.9. The molecule has 2 nitrogen and oxygen atoms in total. The SMILES string of the molecule is COC(=O)[C@@]1([Si](C)(C)C)CC1(c1ccccc1)c1ccccc1. The standard InChI is InChI=1S/C20H24O2Si/c1-22-18(21)20(23(2,3)4)15-19(20,16-11-7-5-8-12-16)17-13-9-6-10-14-17/h5-14H,15H2,1-4H3/t20-/m0/s1. The van der Waals surface area contributed by atoms with E-state index in [2.05, 4.69) is 68.2 Å². The van der Waals surface area contributed by atoms with Crippen LogP contribution < -0.4 is 0 Å². The summed E-state index contributed by atoms with van der Waals surface area (Å²) in [6.07, 6.45) is 0.844. The van der Waals surface area contributed by atoms with Crippen LogP contribution in [0.4, 0.5) is 0 Å². The summed E-state index contributed by atoms with van der Waals surface area (Å²) in [5.74, 6) is -0.0515. The van der Waals surface area contributed by atoms with Crippen molar-refractivity contribution in [1.82, 2.24) is 0 Å². The lowest BCUT2D eigenvalue weighted by molar-refractivity contribution is -0.142. The van der Waals surface area contributed by atoms with Crippen LogP contribution >= 0.6 is 0 Å². The Labute approximate surface area is 139 Å². The molecule has 0 amide bonds. The van der Waals surface area contributed by atoms with Crippen LogP contribution in [0.1, 0.15) is 17.5 Å². The van der Waals surface area contributed by atoms with Gasteiger partial charge in [0.2, 0.25) is 0 Å². The molecule has 2 aromatic rings. The Bertz CT molecular complexity index is 664. The van der Waals surface area contributed by atoms with E-state index in [-0.39, 0.29) is 11.4 Å². The quantitative estimate of drug-likeness (QED) is 0.605. The molecule has 0 aliphatic heterocycles. The molecule has 0 unspecified atom stereocenters. The number of hydrogen-bond acceptors (Lipinski definition) is 2. The molecule has 1 atom stereocenters. The van der Waals surface area contributed by atoms with E-state index >= 15 is 0 Å². The Morgan fingerprint density at radius 2 is 1.35 bits per heavy atom. The first-order valence-corrected chi connectivity index (χ1v) is 11.6. The fraction of sp³-hybridized carbons (Fsp3) is 0.350. The van der Waals surface area contributed by atoms with Crippen LogP contribution in [-0.4, -0.2) is 21.2 Å². The van der Waals surface area contributed by atoms with E-state index in [0.717, 1.165) is 6.42 Å². The van der Waals surface area contributed by atoms with Crippen molar-refractivity contribution in [2.75, 3.05) is 7.11 Å². The molecule has 1 fully saturated rings. The van der Waals surface area contributed by atoms with Crippen molar-refractivity contribution in [3.05, 3.63) is 71.8 Å². The number of carbonyl (C=O) groups is 1. The van der Waals surface area contributed by atoms with E-state index in [4.69, 9.17) is 4.74 Å². The van der Waals surface area contributed by atoms with Gasteiger partial charge in [0.25, 0.3) is 0 Å². The van der Waals surface area contributed by atoms with Crippen LogP contribution in [0.2, 0.25) is 24.7 Å². The molecule has 0 aromatic heterocycles. The second-order valence-corrected chi connectivity index (χ2v) is 12.8. The van der Waals surface area contributed by atoms with Gasteiger partial charge < -0.3 is 4.74 Å². The lowest BCUT2D eigenvalue weighted by Gasteiger charge is -2.34. The maximum atomic E-state index is 12.9. The first kappa shape index (κ1) is 16.0. The minimum absolute atomic E-state index is 0.0515. The van der Waals surface area contributed by atoms with Crippen molar-refractivity contribution in [3.8, 4) is 0 Å². The van der Waals surface area contributed by atoms with Gasteiger partial charge in [-0.2, -0.15) is 0 Å².